The van der Waals surface area contributed by atoms with Crippen molar-refractivity contribution in [3.05, 3.63) is 179 Å². The molecule has 2 N–H and O–H groups in total. The van der Waals surface area contributed by atoms with E-state index in [1.165, 1.54) is 11.1 Å². The predicted molar refractivity (Wildman–Crippen MR) is 194 cm³/mol. The van der Waals surface area contributed by atoms with Gasteiger partial charge in [-0.1, -0.05) is 35.4 Å². The van der Waals surface area contributed by atoms with Gasteiger partial charge in [0.15, 0.2) is 11.5 Å². The van der Waals surface area contributed by atoms with Crippen LogP contribution in [0.3, 0.4) is 0 Å². The number of hydrogen-bond donors (Lipinski definition) is 2. The zero-order valence-electron chi connectivity index (χ0n) is 29.9. The highest BCUT2D eigenvalue weighted by Gasteiger charge is 2.26. The number of benzene rings is 4. The lowest BCUT2D eigenvalue weighted by atomic mass is 10.1. The first-order chi connectivity index (χ1) is 27.6. The first-order valence-electron chi connectivity index (χ1n) is 16.7. The Morgan fingerprint density at radius 3 is 0.983 bits per heavy atom. The number of aromatic hydroxyl groups is 2. The number of rotatable bonds is 4. The van der Waals surface area contributed by atoms with Gasteiger partial charge in [0.2, 0.25) is 58.2 Å². The SMILES string of the molecule is Cc1ccc(-n2c(-c3cccnc3)cc3c2cc(-c2cccnc2)n3-c2ccc(C)cc2)cc1.Oc1c(F)c(F)c(F)c(F)c1F.Oc1c(F)c(F)c(F)c(F)c1F. The zero-order chi connectivity index (χ0) is 42.0. The number of pyridine rings is 2. The van der Waals surface area contributed by atoms with Gasteiger partial charge >= 0.3 is 0 Å². The lowest BCUT2D eigenvalue weighted by Crippen LogP contribution is -2.00. The molecule has 0 aliphatic rings. The van der Waals surface area contributed by atoms with Crippen LogP contribution in [0.2, 0.25) is 0 Å². The van der Waals surface area contributed by atoms with Crippen molar-refractivity contribution in [2.45, 2.75) is 13.8 Å². The van der Waals surface area contributed by atoms with Crippen LogP contribution < -0.4 is 0 Å². The lowest BCUT2D eigenvalue weighted by Gasteiger charge is -2.12. The van der Waals surface area contributed by atoms with Gasteiger partial charge in [0.25, 0.3) is 0 Å². The third-order valence-electron chi connectivity index (χ3n) is 8.65. The van der Waals surface area contributed by atoms with E-state index in [9.17, 15) is 43.9 Å². The molecule has 0 aliphatic carbocycles. The summed E-state index contributed by atoms with van der Waals surface area (Å²) in [6, 6.07) is 30.1. The summed E-state index contributed by atoms with van der Waals surface area (Å²) in [7, 11) is 0. The van der Waals surface area contributed by atoms with Gasteiger partial charge in [-0.25, -0.2) is 26.3 Å². The van der Waals surface area contributed by atoms with Crippen molar-refractivity contribution in [3.63, 3.8) is 0 Å². The minimum Gasteiger partial charge on any atom is -0.503 e. The lowest BCUT2D eigenvalue weighted by molar-refractivity contribution is 0.325. The van der Waals surface area contributed by atoms with Gasteiger partial charge < -0.3 is 19.3 Å². The summed E-state index contributed by atoms with van der Waals surface area (Å²) < 4.78 is 126. The Kier molecular flexibility index (Phi) is 11.6. The Balaban J connectivity index is 0.000000193. The molecule has 0 spiro atoms. The van der Waals surface area contributed by atoms with E-state index < -0.39 is 69.7 Å². The number of aryl methyl sites for hydroxylation is 2. The molecule has 0 atom stereocenters. The molecule has 8 aromatic rings. The molecule has 0 fully saturated rings. The van der Waals surface area contributed by atoms with Crippen LogP contribution in [0.5, 0.6) is 11.5 Å². The number of aromatic nitrogens is 4. The second-order valence-electron chi connectivity index (χ2n) is 12.5. The Hall–Kier alpha value is -7.10. The van der Waals surface area contributed by atoms with Crippen molar-refractivity contribution in [1.82, 2.24) is 19.1 Å². The van der Waals surface area contributed by atoms with Crippen molar-refractivity contribution >= 4 is 11.0 Å². The normalized spacial score (nSPS) is 10.9. The topological polar surface area (TPSA) is 76.1 Å². The van der Waals surface area contributed by atoms with Gasteiger partial charge in [0.05, 0.1) is 22.4 Å². The van der Waals surface area contributed by atoms with Crippen LogP contribution in [0.15, 0.2) is 110 Å². The standard InChI is InChI=1S/C30H24N4.2C6HF5O/c1-21-7-11-25(12-8-21)33-27(23-5-3-15-31-19-23)17-30-29(33)18-28(24-6-4-16-32-20-24)34(30)26-13-9-22(2)10-14-26;2*7-1-2(8)4(10)6(12)5(11)3(1)9/h3-20H,1-2H3;2*12H. The van der Waals surface area contributed by atoms with E-state index in [0.29, 0.717) is 0 Å². The molecule has 8 rings (SSSR count). The third kappa shape index (κ3) is 7.68. The maximum Gasteiger partial charge on any atom is 0.206 e. The molecule has 296 valence electrons. The fourth-order valence-corrected chi connectivity index (χ4v) is 5.74. The molecule has 4 aromatic heterocycles. The highest BCUT2D eigenvalue weighted by atomic mass is 19.2. The molecule has 0 unspecified atom stereocenters. The molecule has 16 heteroatoms. The molecule has 0 aliphatic heterocycles. The van der Waals surface area contributed by atoms with Crippen LogP contribution in [0.1, 0.15) is 11.1 Å². The molecule has 4 heterocycles. The molecule has 0 bridgehead atoms. The largest absolute Gasteiger partial charge is 0.503 e. The van der Waals surface area contributed by atoms with E-state index in [1.54, 1.807) is 0 Å². The van der Waals surface area contributed by atoms with E-state index in [-0.39, 0.29) is 0 Å². The minimum absolute atomic E-state index is 1.08. The molecule has 58 heavy (non-hydrogen) atoms. The second-order valence-corrected chi connectivity index (χ2v) is 12.5. The average molecular weight is 809 g/mol. The maximum atomic E-state index is 12.2. The Morgan fingerprint density at radius 1 is 0.414 bits per heavy atom. The molecule has 6 nitrogen and oxygen atoms in total. The molecule has 0 amide bonds. The van der Waals surface area contributed by atoms with Crippen molar-refractivity contribution < 1.29 is 54.1 Å². The second kappa shape index (κ2) is 16.6. The van der Waals surface area contributed by atoms with Crippen LogP contribution in [-0.4, -0.2) is 29.3 Å². The van der Waals surface area contributed by atoms with Gasteiger partial charge in [-0.15, -0.1) is 0 Å². The van der Waals surface area contributed by atoms with Crippen LogP contribution in [0, 0.1) is 72.0 Å². The zero-order valence-corrected chi connectivity index (χ0v) is 29.9. The molecule has 0 radical (unpaired) electrons. The fraction of sp³-hybridized carbons (Fsp3) is 0.0476. The van der Waals surface area contributed by atoms with Crippen LogP contribution >= 0.6 is 0 Å². The molecular formula is C42H26F10N4O2. The number of halogens is 10. The van der Waals surface area contributed by atoms with Crippen LogP contribution in [-0.2, 0) is 0 Å². The quantitative estimate of drug-likeness (QED) is 0.105. The van der Waals surface area contributed by atoms with Crippen LogP contribution in [0.4, 0.5) is 43.9 Å². The summed E-state index contributed by atoms with van der Waals surface area (Å²) >= 11 is 0. The monoisotopic (exact) mass is 808 g/mol. The highest BCUT2D eigenvalue weighted by Crippen LogP contribution is 2.38. The Labute approximate surface area is 322 Å². The molecule has 4 aromatic carbocycles. The summed E-state index contributed by atoms with van der Waals surface area (Å²) in [4.78, 5) is 8.78. The first kappa shape index (κ1) is 40.6. The number of phenols is 2. The minimum atomic E-state index is -2.29. The number of phenolic OH excluding ortho intramolecular Hbond substituents is 2. The van der Waals surface area contributed by atoms with E-state index in [1.807, 2.05) is 36.9 Å². The molecule has 0 saturated heterocycles. The number of fused-ring (bicyclic) bond motifs is 1. The van der Waals surface area contributed by atoms with Crippen molar-refractivity contribution in [1.29, 1.82) is 0 Å². The van der Waals surface area contributed by atoms with E-state index in [4.69, 9.17) is 10.2 Å². The summed E-state index contributed by atoms with van der Waals surface area (Å²) in [6.45, 7) is 4.23. The van der Waals surface area contributed by atoms with Gasteiger partial charge in [0.1, 0.15) is 0 Å². The maximum absolute atomic E-state index is 12.2. The molecule has 0 saturated carbocycles. The van der Waals surface area contributed by atoms with Gasteiger partial charge in [0, 0.05) is 47.3 Å². The summed E-state index contributed by atoms with van der Waals surface area (Å²) in [5, 5.41) is 16.6. The van der Waals surface area contributed by atoms with Crippen molar-refractivity contribution in [2.24, 2.45) is 0 Å². The number of hydrogen-bond acceptors (Lipinski definition) is 4. The first-order valence-corrected chi connectivity index (χ1v) is 16.7. The average Bonchev–Trinajstić information content (AvgIpc) is 3.81. The van der Waals surface area contributed by atoms with Crippen molar-refractivity contribution in [3.8, 4) is 45.4 Å². The number of nitrogens with zero attached hydrogens (tertiary/aromatic N) is 4. The van der Waals surface area contributed by atoms with E-state index in [0.717, 1.165) is 44.9 Å². The van der Waals surface area contributed by atoms with Gasteiger partial charge in [-0.2, -0.15) is 17.6 Å². The van der Waals surface area contributed by atoms with Crippen molar-refractivity contribution in [2.75, 3.05) is 0 Å². The molecular weight excluding hydrogens is 782 g/mol. The van der Waals surface area contributed by atoms with Gasteiger partial charge in [-0.3, -0.25) is 9.97 Å². The fourth-order valence-electron chi connectivity index (χ4n) is 5.74. The van der Waals surface area contributed by atoms with Crippen LogP contribution in [0.25, 0.3) is 44.9 Å². The Bertz CT molecular complexity index is 2360. The third-order valence-corrected chi connectivity index (χ3v) is 8.65. The summed E-state index contributed by atoms with van der Waals surface area (Å²) in [5.41, 5.74) is 11.4. The van der Waals surface area contributed by atoms with E-state index in [2.05, 4.69) is 106 Å². The van der Waals surface area contributed by atoms with E-state index >= 15 is 0 Å². The predicted octanol–water partition coefficient (Wildman–Crippen LogP) is 11.3. The smallest absolute Gasteiger partial charge is 0.206 e. The highest BCUT2D eigenvalue weighted by molar-refractivity contribution is 5.93. The van der Waals surface area contributed by atoms with Gasteiger partial charge in [-0.05, 0) is 74.5 Å². The summed E-state index contributed by atoms with van der Waals surface area (Å²) in [6.07, 6.45) is 7.49. The summed E-state index contributed by atoms with van der Waals surface area (Å²) in [5.74, 6) is -25.9. The Morgan fingerprint density at radius 2 is 0.707 bits per heavy atom.